The Hall–Kier alpha value is -3.40. The van der Waals surface area contributed by atoms with Gasteiger partial charge < -0.3 is 78.4 Å². The van der Waals surface area contributed by atoms with Crippen molar-refractivity contribution >= 4 is 18.0 Å². The number of benzene rings is 1. The minimum absolute atomic E-state index is 0.151. The van der Waals surface area contributed by atoms with Gasteiger partial charge in [0.2, 0.25) is 6.29 Å². The van der Waals surface area contributed by atoms with E-state index in [0.29, 0.717) is 5.56 Å². The summed E-state index contributed by atoms with van der Waals surface area (Å²) in [5.74, 6) is -3.04. The lowest BCUT2D eigenvalue weighted by Crippen LogP contribution is -2.61. The number of ether oxygens (including phenoxy) is 9. The third-order valence-corrected chi connectivity index (χ3v) is 9.82. The van der Waals surface area contributed by atoms with Gasteiger partial charge in [0.15, 0.2) is 36.3 Å². The van der Waals surface area contributed by atoms with Crippen LogP contribution in [0.5, 0.6) is 11.5 Å². The summed E-state index contributed by atoms with van der Waals surface area (Å²) in [6, 6.07) is 4.46. The molecule has 282 valence electrons. The molecule has 18 nitrogen and oxygen atoms in total. The van der Waals surface area contributed by atoms with E-state index >= 15 is 0 Å². The molecule has 4 fully saturated rings. The standard InChI is InChI=1S/C33H42O18/c1-13-22(39)27(48-20(38)7-5-15-4-6-18(43-3)17(37)10-15)28(46-14(2)36)32(45-13)49-26-16-8-9-44-30(21(16)33(12-35)29(26)51-33)50-31-25(42)24(41)23(40)19(11-34)47-31/h4-10,13,16,19,21-32,34-35,37,39-42H,11-12H2,1-3H3. The largest absolute Gasteiger partial charge is 0.504 e. The Kier molecular flexibility index (Phi) is 10.9. The average molecular weight is 727 g/mol. The summed E-state index contributed by atoms with van der Waals surface area (Å²) in [6.45, 7) is 1.42. The first-order valence-electron chi connectivity index (χ1n) is 16.3. The molecule has 0 bridgehead atoms. The lowest BCUT2D eigenvalue weighted by atomic mass is 9.85. The highest BCUT2D eigenvalue weighted by Gasteiger charge is 2.77. The molecular weight excluding hydrogens is 684 g/mol. The first kappa shape index (κ1) is 37.4. The van der Waals surface area contributed by atoms with Gasteiger partial charge in [-0.05, 0) is 36.8 Å². The Morgan fingerprint density at radius 2 is 1.69 bits per heavy atom. The molecule has 16 unspecified atom stereocenters. The van der Waals surface area contributed by atoms with E-state index in [2.05, 4.69) is 0 Å². The van der Waals surface area contributed by atoms with E-state index in [0.717, 1.165) is 13.0 Å². The lowest BCUT2D eigenvalue weighted by Gasteiger charge is -2.44. The van der Waals surface area contributed by atoms with E-state index in [1.54, 1.807) is 12.1 Å². The molecule has 1 saturated carbocycles. The Bertz CT molecular complexity index is 1480. The summed E-state index contributed by atoms with van der Waals surface area (Å²) in [6.07, 6.45) is -12.2. The Morgan fingerprint density at radius 1 is 0.922 bits per heavy atom. The Labute approximate surface area is 291 Å². The van der Waals surface area contributed by atoms with Crippen molar-refractivity contribution in [2.45, 2.75) is 99.4 Å². The Morgan fingerprint density at radius 3 is 2.35 bits per heavy atom. The number of phenolic OH excluding ortho intramolecular Hbond substituents is 1. The van der Waals surface area contributed by atoms with Crippen molar-refractivity contribution in [1.29, 1.82) is 0 Å². The van der Waals surface area contributed by atoms with Gasteiger partial charge in [0.1, 0.15) is 42.2 Å². The number of aliphatic hydroxyl groups is 6. The monoisotopic (exact) mass is 726 g/mol. The molecule has 0 amide bonds. The number of fused-ring (bicyclic) bond motifs is 3. The van der Waals surface area contributed by atoms with Crippen LogP contribution >= 0.6 is 0 Å². The predicted molar refractivity (Wildman–Crippen MR) is 165 cm³/mol. The smallest absolute Gasteiger partial charge is 0.331 e. The van der Waals surface area contributed by atoms with Crippen molar-refractivity contribution in [1.82, 2.24) is 0 Å². The summed E-state index contributed by atoms with van der Waals surface area (Å²) >= 11 is 0. The number of aliphatic hydroxyl groups excluding tert-OH is 6. The topological polar surface area (TPSA) is 262 Å². The zero-order chi connectivity index (χ0) is 36.8. The maximum Gasteiger partial charge on any atom is 0.331 e. The number of phenols is 1. The molecular formula is C33H42O18. The molecule has 6 rings (SSSR count). The molecule has 1 aliphatic carbocycles. The van der Waals surface area contributed by atoms with E-state index in [1.165, 1.54) is 38.5 Å². The van der Waals surface area contributed by atoms with Crippen molar-refractivity contribution in [3.63, 3.8) is 0 Å². The fourth-order valence-electron chi connectivity index (χ4n) is 7.16. The molecule has 5 aliphatic rings. The minimum Gasteiger partial charge on any atom is -0.504 e. The maximum atomic E-state index is 13.0. The zero-order valence-corrected chi connectivity index (χ0v) is 27.7. The van der Waals surface area contributed by atoms with E-state index in [9.17, 15) is 45.3 Å². The highest BCUT2D eigenvalue weighted by Crippen LogP contribution is 2.61. The molecule has 51 heavy (non-hydrogen) atoms. The lowest BCUT2D eigenvalue weighted by molar-refractivity contribution is -0.347. The molecule has 7 N–H and O–H groups in total. The van der Waals surface area contributed by atoms with Crippen LogP contribution in [0, 0.1) is 11.8 Å². The number of hydrogen-bond donors (Lipinski definition) is 7. The van der Waals surface area contributed by atoms with Crippen LogP contribution in [0.4, 0.5) is 0 Å². The van der Waals surface area contributed by atoms with E-state index in [1.807, 2.05) is 0 Å². The van der Waals surface area contributed by atoms with Gasteiger partial charge in [0, 0.05) is 18.9 Å². The molecule has 4 heterocycles. The fraction of sp³-hybridized carbons (Fsp3) is 0.636. The number of hydrogen-bond acceptors (Lipinski definition) is 18. The third-order valence-electron chi connectivity index (χ3n) is 9.82. The van der Waals surface area contributed by atoms with Crippen molar-refractivity contribution in [2.75, 3.05) is 20.3 Å². The normalized spacial score (nSPS) is 42.8. The second-order valence-electron chi connectivity index (χ2n) is 13.0. The second-order valence-corrected chi connectivity index (χ2v) is 13.0. The van der Waals surface area contributed by atoms with Crippen LogP contribution in [-0.4, -0.2) is 154 Å². The van der Waals surface area contributed by atoms with Crippen LogP contribution in [0.15, 0.2) is 36.6 Å². The SMILES string of the molecule is COc1ccc(C=CC(=O)OC2C(O)C(C)OC(OC3C4C=COC(OC5OC(CO)C(O)C(O)C5O)C4C4(CO)OC34)C2OC(C)=O)cc1O. The van der Waals surface area contributed by atoms with Crippen LogP contribution in [0.3, 0.4) is 0 Å². The van der Waals surface area contributed by atoms with Gasteiger partial charge in [-0.15, -0.1) is 0 Å². The van der Waals surface area contributed by atoms with Crippen molar-refractivity contribution in [3.05, 3.63) is 42.2 Å². The number of methoxy groups -OCH3 is 1. The molecule has 0 spiro atoms. The highest BCUT2D eigenvalue weighted by molar-refractivity contribution is 5.87. The van der Waals surface area contributed by atoms with Gasteiger partial charge in [0.05, 0.1) is 44.7 Å². The van der Waals surface area contributed by atoms with Crippen molar-refractivity contribution in [3.8, 4) is 11.5 Å². The fourth-order valence-corrected chi connectivity index (χ4v) is 7.16. The minimum atomic E-state index is -1.73. The van der Waals surface area contributed by atoms with Gasteiger partial charge in [-0.2, -0.15) is 0 Å². The summed E-state index contributed by atoms with van der Waals surface area (Å²) in [5.41, 5.74) is -0.836. The average Bonchev–Trinajstić information content (AvgIpc) is 3.78. The molecule has 4 aliphatic heterocycles. The summed E-state index contributed by atoms with van der Waals surface area (Å²) < 4.78 is 51.5. The molecule has 1 aromatic carbocycles. The number of epoxide rings is 1. The summed E-state index contributed by atoms with van der Waals surface area (Å²) in [4.78, 5) is 25.2. The van der Waals surface area contributed by atoms with Crippen LogP contribution in [-0.2, 0) is 47.5 Å². The van der Waals surface area contributed by atoms with Gasteiger partial charge in [-0.3, -0.25) is 4.79 Å². The summed E-state index contributed by atoms with van der Waals surface area (Å²) in [5, 5.41) is 72.1. The number of aromatic hydroxyl groups is 1. The number of esters is 2. The van der Waals surface area contributed by atoms with Crippen molar-refractivity contribution in [2.24, 2.45) is 11.8 Å². The molecule has 0 aromatic heterocycles. The third kappa shape index (κ3) is 7.06. The molecule has 0 radical (unpaired) electrons. The van der Waals surface area contributed by atoms with Crippen LogP contribution in [0.1, 0.15) is 19.4 Å². The highest BCUT2D eigenvalue weighted by atomic mass is 16.8. The second kappa shape index (κ2) is 14.9. The van der Waals surface area contributed by atoms with Gasteiger partial charge in [-0.25, -0.2) is 4.79 Å². The first-order chi connectivity index (χ1) is 24.3. The Balaban J connectivity index is 1.20. The zero-order valence-electron chi connectivity index (χ0n) is 27.7. The van der Waals surface area contributed by atoms with Crippen molar-refractivity contribution < 1.29 is 88.0 Å². The molecule has 18 heteroatoms. The van der Waals surface area contributed by atoms with E-state index in [-0.39, 0.29) is 11.5 Å². The van der Waals surface area contributed by atoms with Crippen LogP contribution < -0.4 is 4.74 Å². The quantitative estimate of drug-likeness (QED) is 0.0726. The summed E-state index contributed by atoms with van der Waals surface area (Å²) in [7, 11) is 1.39. The first-order valence-corrected chi connectivity index (χ1v) is 16.3. The van der Waals surface area contributed by atoms with Crippen LogP contribution in [0.2, 0.25) is 0 Å². The van der Waals surface area contributed by atoms with Gasteiger partial charge in [-0.1, -0.05) is 6.07 Å². The van der Waals surface area contributed by atoms with E-state index < -0.39 is 122 Å². The molecule has 3 saturated heterocycles. The van der Waals surface area contributed by atoms with Crippen LogP contribution in [0.25, 0.3) is 6.08 Å². The molecule has 16 atom stereocenters. The van der Waals surface area contributed by atoms with Gasteiger partial charge in [0.25, 0.3) is 0 Å². The number of rotatable bonds is 11. The molecule has 1 aromatic rings. The maximum absolute atomic E-state index is 13.0. The van der Waals surface area contributed by atoms with E-state index in [4.69, 9.17) is 42.6 Å². The number of carbonyl (C=O) groups is 2. The van der Waals surface area contributed by atoms with Gasteiger partial charge >= 0.3 is 11.9 Å². The predicted octanol–water partition coefficient (Wildman–Crippen LogP) is -2.19. The number of carbonyl (C=O) groups excluding carboxylic acids is 2.